The summed E-state index contributed by atoms with van der Waals surface area (Å²) in [7, 11) is 1.81. The lowest BCUT2D eigenvalue weighted by molar-refractivity contribution is 0.0785. The number of carbonyl (C=O) groups excluding carboxylic acids is 1. The Kier molecular flexibility index (Phi) is 5.44. The van der Waals surface area contributed by atoms with Crippen LogP contribution in [0.5, 0.6) is 5.75 Å². The highest BCUT2D eigenvalue weighted by atomic mass is 16.5. The molecule has 1 aromatic carbocycles. The van der Waals surface area contributed by atoms with Gasteiger partial charge in [-0.2, -0.15) is 5.10 Å². The van der Waals surface area contributed by atoms with E-state index in [-0.39, 0.29) is 11.9 Å². The summed E-state index contributed by atoms with van der Waals surface area (Å²) in [6.45, 7) is 9.01. The molecule has 27 heavy (non-hydrogen) atoms. The summed E-state index contributed by atoms with van der Waals surface area (Å²) in [6, 6.07) is 9.82. The zero-order valence-electron chi connectivity index (χ0n) is 16.6. The van der Waals surface area contributed by atoms with Gasteiger partial charge in [0.15, 0.2) is 5.65 Å². The Morgan fingerprint density at radius 3 is 2.74 bits per heavy atom. The van der Waals surface area contributed by atoms with Crippen LogP contribution in [0.15, 0.2) is 36.5 Å². The number of fused-ring (bicyclic) bond motifs is 1. The first-order valence-electron chi connectivity index (χ1n) is 9.23. The maximum Gasteiger partial charge on any atom is 0.254 e. The molecular formula is C21H26N4O2. The highest BCUT2D eigenvalue weighted by molar-refractivity contribution is 6.05. The number of rotatable bonds is 6. The van der Waals surface area contributed by atoms with Gasteiger partial charge in [-0.05, 0) is 39.8 Å². The third kappa shape index (κ3) is 3.79. The molecule has 0 bridgehead atoms. The van der Waals surface area contributed by atoms with Crippen molar-refractivity contribution in [2.75, 3.05) is 13.7 Å². The van der Waals surface area contributed by atoms with Crippen LogP contribution in [0.25, 0.3) is 11.0 Å². The molecule has 3 rings (SSSR count). The smallest absolute Gasteiger partial charge is 0.254 e. The molecule has 0 radical (unpaired) electrons. The minimum atomic E-state index is -0.0555. The van der Waals surface area contributed by atoms with Gasteiger partial charge in [0, 0.05) is 30.9 Å². The highest BCUT2D eigenvalue weighted by Crippen LogP contribution is 2.24. The lowest BCUT2D eigenvalue weighted by Crippen LogP contribution is -2.27. The van der Waals surface area contributed by atoms with Crippen molar-refractivity contribution in [3.8, 4) is 5.75 Å². The Balaban J connectivity index is 1.94. The summed E-state index contributed by atoms with van der Waals surface area (Å²) in [5.41, 5.74) is 3.16. The van der Waals surface area contributed by atoms with Gasteiger partial charge in [0.25, 0.3) is 5.91 Å². The van der Waals surface area contributed by atoms with E-state index >= 15 is 0 Å². The average Bonchev–Trinajstić information content (AvgIpc) is 3.06. The molecule has 0 saturated heterocycles. The molecule has 6 nitrogen and oxygen atoms in total. The van der Waals surface area contributed by atoms with Gasteiger partial charge < -0.3 is 9.64 Å². The van der Waals surface area contributed by atoms with E-state index in [1.54, 1.807) is 18.1 Å². The van der Waals surface area contributed by atoms with Crippen LogP contribution in [0.3, 0.4) is 0 Å². The van der Waals surface area contributed by atoms with Gasteiger partial charge in [0.2, 0.25) is 0 Å². The molecule has 0 aliphatic rings. The van der Waals surface area contributed by atoms with E-state index in [0.29, 0.717) is 18.7 Å². The second kappa shape index (κ2) is 7.78. The first-order chi connectivity index (χ1) is 12.9. The van der Waals surface area contributed by atoms with Gasteiger partial charge in [0.1, 0.15) is 5.75 Å². The number of aryl methyl sites for hydroxylation is 1. The topological polar surface area (TPSA) is 60.2 Å². The summed E-state index contributed by atoms with van der Waals surface area (Å²) < 4.78 is 7.53. The zero-order chi connectivity index (χ0) is 19.6. The van der Waals surface area contributed by atoms with Gasteiger partial charge in [-0.25, -0.2) is 9.67 Å². The molecule has 0 aliphatic heterocycles. The third-order valence-corrected chi connectivity index (χ3v) is 4.44. The molecule has 0 fully saturated rings. The van der Waals surface area contributed by atoms with Gasteiger partial charge >= 0.3 is 0 Å². The minimum absolute atomic E-state index is 0.0555. The van der Waals surface area contributed by atoms with Crippen molar-refractivity contribution in [2.45, 2.75) is 40.3 Å². The summed E-state index contributed by atoms with van der Waals surface area (Å²) in [5.74, 6) is 0.753. The Labute approximate surface area is 159 Å². The normalized spacial score (nSPS) is 11.2. The number of para-hydroxylation sites is 1. The van der Waals surface area contributed by atoms with Crippen LogP contribution >= 0.6 is 0 Å². The summed E-state index contributed by atoms with van der Waals surface area (Å²) in [4.78, 5) is 19.5. The van der Waals surface area contributed by atoms with Crippen molar-refractivity contribution < 1.29 is 9.53 Å². The van der Waals surface area contributed by atoms with Crippen LogP contribution in [0.2, 0.25) is 0 Å². The van der Waals surface area contributed by atoms with E-state index < -0.39 is 0 Å². The number of hydrogen-bond donors (Lipinski definition) is 0. The molecule has 0 N–H and O–H groups in total. The first-order valence-corrected chi connectivity index (χ1v) is 9.23. The molecule has 6 heteroatoms. The van der Waals surface area contributed by atoms with Crippen molar-refractivity contribution in [2.24, 2.45) is 0 Å². The van der Waals surface area contributed by atoms with Crippen LogP contribution in [0.4, 0.5) is 0 Å². The lowest BCUT2D eigenvalue weighted by Gasteiger charge is -2.20. The number of carbonyl (C=O) groups is 1. The predicted octanol–water partition coefficient (Wildman–Crippen LogP) is 3.99. The van der Waals surface area contributed by atoms with Crippen LogP contribution in [-0.2, 0) is 6.54 Å². The zero-order valence-corrected chi connectivity index (χ0v) is 16.6. The summed E-state index contributed by atoms with van der Waals surface area (Å²) in [5, 5.41) is 5.21. The number of benzene rings is 1. The summed E-state index contributed by atoms with van der Waals surface area (Å²) in [6.07, 6.45) is 1.73. The molecule has 1 amide bonds. The van der Waals surface area contributed by atoms with Crippen LogP contribution in [0.1, 0.15) is 48.4 Å². The number of pyridine rings is 1. The predicted molar refractivity (Wildman–Crippen MR) is 106 cm³/mol. The minimum Gasteiger partial charge on any atom is -0.494 e. The summed E-state index contributed by atoms with van der Waals surface area (Å²) >= 11 is 0. The SMILES string of the molecule is CCOc1ccccc1CN(C)C(=O)c1cc(C)nc2c1cnn2C(C)C. The van der Waals surface area contributed by atoms with Gasteiger partial charge in [0.05, 0.1) is 23.8 Å². The molecule has 0 atom stereocenters. The van der Waals surface area contributed by atoms with Crippen molar-refractivity contribution >= 4 is 16.9 Å². The molecule has 0 spiro atoms. The van der Waals surface area contributed by atoms with Crippen LogP contribution in [0, 0.1) is 6.92 Å². The van der Waals surface area contributed by atoms with E-state index in [0.717, 1.165) is 28.0 Å². The molecule has 2 aromatic heterocycles. The Hall–Kier alpha value is -2.89. The molecule has 0 aliphatic carbocycles. The fourth-order valence-corrected chi connectivity index (χ4v) is 3.16. The molecule has 2 heterocycles. The van der Waals surface area contributed by atoms with Crippen molar-refractivity contribution in [3.63, 3.8) is 0 Å². The van der Waals surface area contributed by atoms with Gasteiger partial charge in [-0.3, -0.25) is 4.79 Å². The van der Waals surface area contributed by atoms with E-state index in [9.17, 15) is 4.79 Å². The molecule has 3 aromatic rings. The van der Waals surface area contributed by atoms with Crippen LogP contribution < -0.4 is 4.74 Å². The number of aromatic nitrogens is 3. The van der Waals surface area contributed by atoms with Crippen molar-refractivity contribution in [1.29, 1.82) is 0 Å². The Morgan fingerprint density at radius 1 is 1.30 bits per heavy atom. The van der Waals surface area contributed by atoms with Crippen molar-refractivity contribution in [3.05, 3.63) is 53.3 Å². The van der Waals surface area contributed by atoms with Gasteiger partial charge in [-0.15, -0.1) is 0 Å². The Bertz CT molecular complexity index is 962. The number of nitrogens with zero attached hydrogens (tertiary/aromatic N) is 4. The maximum absolute atomic E-state index is 13.2. The van der Waals surface area contributed by atoms with Crippen LogP contribution in [-0.4, -0.2) is 39.2 Å². The molecular weight excluding hydrogens is 340 g/mol. The van der Waals surface area contributed by atoms with E-state index in [4.69, 9.17) is 4.74 Å². The van der Waals surface area contributed by atoms with E-state index in [1.165, 1.54) is 0 Å². The van der Waals surface area contributed by atoms with Gasteiger partial charge in [-0.1, -0.05) is 18.2 Å². The quantitative estimate of drug-likeness (QED) is 0.662. The monoisotopic (exact) mass is 366 g/mol. The molecule has 0 saturated carbocycles. The maximum atomic E-state index is 13.2. The van der Waals surface area contributed by atoms with Crippen molar-refractivity contribution in [1.82, 2.24) is 19.7 Å². The fraction of sp³-hybridized carbons (Fsp3) is 0.381. The Morgan fingerprint density at radius 2 is 2.04 bits per heavy atom. The second-order valence-corrected chi connectivity index (χ2v) is 6.93. The molecule has 0 unspecified atom stereocenters. The van der Waals surface area contributed by atoms with E-state index in [1.807, 2.05) is 48.9 Å². The lowest BCUT2D eigenvalue weighted by atomic mass is 10.1. The molecule has 142 valence electrons. The largest absolute Gasteiger partial charge is 0.494 e. The van der Waals surface area contributed by atoms with E-state index in [2.05, 4.69) is 23.9 Å². The third-order valence-electron chi connectivity index (χ3n) is 4.44. The number of ether oxygens (including phenoxy) is 1. The highest BCUT2D eigenvalue weighted by Gasteiger charge is 2.20. The standard InChI is InChI=1S/C21H26N4O2/c1-6-27-19-10-8-7-9-16(19)13-24(5)21(26)17-11-15(4)23-20-18(17)12-22-25(20)14(2)3/h7-12,14H,6,13H2,1-5H3. The second-order valence-electron chi connectivity index (χ2n) is 6.93. The number of hydrogen-bond acceptors (Lipinski definition) is 4. The first kappa shape index (κ1) is 18.9. The number of amides is 1. The average molecular weight is 366 g/mol. The fourth-order valence-electron chi connectivity index (χ4n) is 3.16.